The van der Waals surface area contributed by atoms with E-state index in [-0.39, 0.29) is 5.91 Å². The monoisotopic (exact) mass is 408 g/mol. The average Bonchev–Trinajstić information content (AvgIpc) is 3.22. The fraction of sp³-hybridized carbons (Fsp3) is 0.304. The van der Waals surface area contributed by atoms with E-state index in [1.807, 2.05) is 35.7 Å². The van der Waals surface area contributed by atoms with Gasteiger partial charge in [0.1, 0.15) is 0 Å². The van der Waals surface area contributed by atoms with Crippen LogP contribution in [0.1, 0.15) is 43.6 Å². The molecule has 0 unspecified atom stereocenters. The molecule has 0 radical (unpaired) electrons. The molecule has 5 heteroatoms. The van der Waals surface area contributed by atoms with Gasteiger partial charge in [-0.1, -0.05) is 61.7 Å². The summed E-state index contributed by atoms with van der Waals surface area (Å²) in [5, 5.41) is 5.58. The van der Waals surface area contributed by atoms with Crippen LogP contribution in [0.4, 0.5) is 5.13 Å². The average molecular weight is 409 g/mol. The number of carbonyl (C=O) groups excluding carboxylic acids is 1. The molecule has 144 valence electrons. The molecule has 0 spiro atoms. The first kappa shape index (κ1) is 19.2. The zero-order chi connectivity index (χ0) is 19.2. The number of hydrogen-bond acceptors (Lipinski definition) is 4. The van der Waals surface area contributed by atoms with Crippen LogP contribution >= 0.6 is 23.1 Å². The van der Waals surface area contributed by atoms with Crippen molar-refractivity contribution >= 4 is 34.1 Å². The van der Waals surface area contributed by atoms with Gasteiger partial charge in [0.05, 0.1) is 11.4 Å². The Bertz CT molecular complexity index is 900. The van der Waals surface area contributed by atoms with Crippen molar-refractivity contribution in [3.63, 3.8) is 0 Å². The highest BCUT2D eigenvalue weighted by molar-refractivity contribution is 8.00. The molecular formula is C23H24N2OS2. The lowest BCUT2D eigenvalue weighted by Crippen LogP contribution is -2.13. The standard InChI is InChI=1S/C23H24N2OS2/c26-22(16-27-20-9-5-2-6-10-20)25-23-24-21(15-28-23)19-13-11-18(12-14-19)17-7-3-1-4-8-17/h2,5-6,9-15,17H,1,3-4,7-8,16H2,(H,24,25,26). The molecule has 0 bridgehead atoms. The van der Waals surface area contributed by atoms with E-state index in [4.69, 9.17) is 0 Å². The van der Waals surface area contributed by atoms with Crippen molar-refractivity contribution in [1.82, 2.24) is 4.98 Å². The van der Waals surface area contributed by atoms with Crippen LogP contribution < -0.4 is 5.32 Å². The van der Waals surface area contributed by atoms with E-state index < -0.39 is 0 Å². The van der Waals surface area contributed by atoms with Crippen molar-refractivity contribution < 1.29 is 4.79 Å². The lowest BCUT2D eigenvalue weighted by Gasteiger charge is -2.22. The van der Waals surface area contributed by atoms with Gasteiger partial charge in [-0.25, -0.2) is 4.98 Å². The zero-order valence-electron chi connectivity index (χ0n) is 15.8. The van der Waals surface area contributed by atoms with Crippen molar-refractivity contribution in [2.45, 2.75) is 42.9 Å². The Morgan fingerprint density at radius 3 is 2.54 bits per heavy atom. The summed E-state index contributed by atoms with van der Waals surface area (Å²) in [6.45, 7) is 0. The van der Waals surface area contributed by atoms with Crippen LogP contribution in [0.15, 0.2) is 64.9 Å². The van der Waals surface area contributed by atoms with Gasteiger partial charge in [-0.05, 0) is 36.5 Å². The third-order valence-electron chi connectivity index (χ3n) is 5.15. The van der Waals surface area contributed by atoms with E-state index in [0.717, 1.165) is 22.1 Å². The first-order chi connectivity index (χ1) is 13.8. The zero-order valence-corrected chi connectivity index (χ0v) is 17.4. The molecular weight excluding hydrogens is 384 g/mol. The molecule has 1 N–H and O–H groups in total. The van der Waals surface area contributed by atoms with Gasteiger partial charge in [0.15, 0.2) is 5.13 Å². The summed E-state index contributed by atoms with van der Waals surface area (Å²) in [6.07, 6.45) is 6.71. The van der Waals surface area contributed by atoms with Crippen LogP contribution in [0.25, 0.3) is 11.3 Å². The smallest absolute Gasteiger partial charge is 0.236 e. The molecule has 1 aliphatic carbocycles. The van der Waals surface area contributed by atoms with Crippen LogP contribution in [-0.4, -0.2) is 16.6 Å². The summed E-state index contributed by atoms with van der Waals surface area (Å²) < 4.78 is 0. The van der Waals surface area contributed by atoms with Crippen molar-refractivity contribution in [2.75, 3.05) is 11.1 Å². The van der Waals surface area contributed by atoms with E-state index in [1.54, 1.807) is 0 Å². The lowest BCUT2D eigenvalue weighted by molar-refractivity contribution is -0.113. The van der Waals surface area contributed by atoms with Crippen molar-refractivity contribution in [3.8, 4) is 11.3 Å². The van der Waals surface area contributed by atoms with Crippen LogP contribution in [0.2, 0.25) is 0 Å². The Morgan fingerprint density at radius 2 is 1.79 bits per heavy atom. The summed E-state index contributed by atoms with van der Waals surface area (Å²) in [5.41, 5.74) is 3.48. The molecule has 28 heavy (non-hydrogen) atoms. The van der Waals surface area contributed by atoms with E-state index >= 15 is 0 Å². The molecule has 1 saturated carbocycles. The Balaban J connectivity index is 1.34. The highest BCUT2D eigenvalue weighted by Gasteiger charge is 2.15. The van der Waals surface area contributed by atoms with Crippen LogP contribution in [0, 0.1) is 0 Å². The topological polar surface area (TPSA) is 42.0 Å². The van der Waals surface area contributed by atoms with Gasteiger partial charge in [-0.2, -0.15) is 0 Å². The molecule has 0 aliphatic heterocycles. The molecule has 1 aromatic heterocycles. The Hall–Kier alpha value is -2.11. The highest BCUT2D eigenvalue weighted by atomic mass is 32.2. The molecule has 3 aromatic rings. The number of amides is 1. The lowest BCUT2D eigenvalue weighted by atomic mass is 9.84. The fourth-order valence-corrected chi connectivity index (χ4v) is 5.10. The van der Waals surface area contributed by atoms with Gasteiger partial charge in [-0.15, -0.1) is 23.1 Å². The number of aromatic nitrogens is 1. The minimum atomic E-state index is -0.0256. The number of anilines is 1. The van der Waals surface area contributed by atoms with Crippen molar-refractivity contribution in [2.24, 2.45) is 0 Å². The van der Waals surface area contributed by atoms with Crippen molar-refractivity contribution in [1.29, 1.82) is 0 Å². The second-order valence-corrected chi connectivity index (χ2v) is 9.05. The number of thiazole rings is 1. The Morgan fingerprint density at radius 1 is 1.04 bits per heavy atom. The maximum absolute atomic E-state index is 12.2. The fourth-order valence-electron chi connectivity index (χ4n) is 3.65. The van der Waals surface area contributed by atoms with Crippen molar-refractivity contribution in [3.05, 3.63) is 65.5 Å². The van der Waals surface area contributed by atoms with Crippen LogP contribution in [0.5, 0.6) is 0 Å². The number of benzene rings is 2. The molecule has 1 fully saturated rings. The molecule has 0 atom stereocenters. The number of nitrogens with one attached hydrogen (secondary N) is 1. The summed E-state index contributed by atoms with van der Waals surface area (Å²) in [7, 11) is 0. The number of hydrogen-bond donors (Lipinski definition) is 1. The maximum Gasteiger partial charge on any atom is 0.236 e. The SMILES string of the molecule is O=C(CSc1ccccc1)Nc1nc(-c2ccc(C3CCCCC3)cc2)cs1. The predicted molar refractivity (Wildman–Crippen MR) is 119 cm³/mol. The van der Waals surface area contributed by atoms with E-state index in [2.05, 4.69) is 34.6 Å². The van der Waals surface area contributed by atoms with E-state index in [9.17, 15) is 4.79 Å². The molecule has 4 rings (SSSR count). The predicted octanol–water partition coefficient (Wildman–Crippen LogP) is 6.59. The van der Waals surface area contributed by atoms with Gasteiger partial charge in [-0.3, -0.25) is 4.79 Å². The van der Waals surface area contributed by atoms with Gasteiger partial charge < -0.3 is 5.32 Å². The maximum atomic E-state index is 12.2. The molecule has 0 saturated heterocycles. The first-order valence-corrected chi connectivity index (χ1v) is 11.7. The highest BCUT2D eigenvalue weighted by Crippen LogP contribution is 2.34. The molecule has 1 heterocycles. The van der Waals surface area contributed by atoms with Crippen LogP contribution in [-0.2, 0) is 4.79 Å². The molecule has 2 aromatic carbocycles. The third-order valence-corrected chi connectivity index (χ3v) is 6.92. The largest absolute Gasteiger partial charge is 0.301 e. The molecule has 1 aliphatic rings. The number of rotatable bonds is 6. The summed E-state index contributed by atoms with van der Waals surface area (Å²) in [6, 6.07) is 18.8. The Labute approximate surface area is 174 Å². The van der Waals surface area contributed by atoms with Crippen LogP contribution in [0.3, 0.4) is 0 Å². The third kappa shape index (κ3) is 5.03. The van der Waals surface area contributed by atoms with Gasteiger partial charge in [0.25, 0.3) is 0 Å². The number of nitrogens with zero attached hydrogens (tertiary/aromatic N) is 1. The van der Waals surface area contributed by atoms with Gasteiger partial charge >= 0.3 is 0 Å². The minimum Gasteiger partial charge on any atom is -0.301 e. The molecule has 1 amide bonds. The van der Waals surface area contributed by atoms with Gasteiger partial charge in [0.2, 0.25) is 5.91 Å². The second kappa shape index (κ2) is 9.39. The quantitative estimate of drug-likeness (QED) is 0.468. The number of carbonyl (C=O) groups is 1. The van der Waals surface area contributed by atoms with E-state index in [0.29, 0.717) is 10.9 Å². The summed E-state index contributed by atoms with van der Waals surface area (Å²) in [4.78, 5) is 17.9. The Kier molecular flexibility index (Phi) is 6.45. The number of thioether (sulfide) groups is 1. The van der Waals surface area contributed by atoms with E-state index in [1.165, 1.54) is 60.8 Å². The summed E-state index contributed by atoms with van der Waals surface area (Å²) in [5.74, 6) is 1.08. The summed E-state index contributed by atoms with van der Waals surface area (Å²) >= 11 is 3.01. The second-order valence-electron chi connectivity index (χ2n) is 7.14. The minimum absolute atomic E-state index is 0.0256. The van der Waals surface area contributed by atoms with Gasteiger partial charge in [0, 0.05) is 15.8 Å². The normalized spacial score (nSPS) is 14.7. The molecule has 3 nitrogen and oxygen atoms in total. The first-order valence-electron chi connectivity index (χ1n) is 9.81.